The quantitative estimate of drug-likeness (QED) is 0.845. The molecular weight excluding hydrogens is 212 g/mol. The van der Waals surface area contributed by atoms with Crippen LogP contribution in [0.1, 0.15) is 18.9 Å². The third-order valence-electron chi connectivity index (χ3n) is 3.56. The molecule has 3 heteroatoms. The first-order valence-electron chi connectivity index (χ1n) is 6.17. The predicted molar refractivity (Wildman–Crippen MR) is 70.2 cm³/mol. The second kappa shape index (κ2) is 4.88. The summed E-state index contributed by atoms with van der Waals surface area (Å²) in [5.41, 5.74) is 2.16. The monoisotopic (exact) mass is 232 g/mol. The van der Waals surface area contributed by atoms with E-state index in [2.05, 4.69) is 12.2 Å². The van der Waals surface area contributed by atoms with Crippen molar-refractivity contribution in [3.8, 4) is 0 Å². The van der Waals surface area contributed by atoms with Crippen LogP contribution in [0.25, 0.3) is 0 Å². The lowest BCUT2D eigenvalue weighted by Crippen LogP contribution is -2.38. The van der Waals surface area contributed by atoms with Gasteiger partial charge in [-0.3, -0.25) is 4.79 Å². The number of anilines is 1. The van der Waals surface area contributed by atoms with E-state index in [0.717, 1.165) is 18.7 Å². The molecule has 1 heterocycles. The van der Waals surface area contributed by atoms with Crippen LogP contribution in [0.4, 0.5) is 5.69 Å². The highest BCUT2D eigenvalue weighted by Crippen LogP contribution is 2.22. The maximum absolute atomic E-state index is 12.4. The Balaban J connectivity index is 2.14. The van der Waals surface area contributed by atoms with E-state index in [9.17, 15) is 4.79 Å². The van der Waals surface area contributed by atoms with Crippen molar-refractivity contribution in [2.45, 2.75) is 26.3 Å². The molecule has 1 aliphatic rings. The van der Waals surface area contributed by atoms with Crippen LogP contribution in [0, 0.1) is 12.8 Å². The van der Waals surface area contributed by atoms with Gasteiger partial charge in [0.05, 0.1) is 5.92 Å². The summed E-state index contributed by atoms with van der Waals surface area (Å²) in [5.74, 6) is 0.327. The highest BCUT2D eigenvalue weighted by atomic mass is 16.2. The van der Waals surface area contributed by atoms with Gasteiger partial charge in [0.2, 0.25) is 5.91 Å². The molecule has 0 bridgehead atoms. The number of rotatable bonds is 2. The molecule has 1 aromatic rings. The fourth-order valence-electron chi connectivity index (χ4n) is 2.41. The molecule has 0 radical (unpaired) electrons. The van der Waals surface area contributed by atoms with Crippen molar-refractivity contribution in [2.24, 2.45) is 5.92 Å². The molecule has 2 atom stereocenters. The number of hydrogen-bond acceptors (Lipinski definition) is 2. The molecule has 1 aliphatic heterocycles. The number of carbonyl (C=O) groups is 1. The van der Waals surface area contributed by atoms with Crippen molar-refractivity contribution in [3.63, 3.8) is 0 Å². The maximum atomic E-state index is 12.4. The van der Waals surface area contributed by atoms with Gasteiger partial charge in [0.25, 0.3) is 0 Å². The normalized spacial score (nSPS) is 23.7. The summed E-state index contributed by atoms with van der Waals surface area (Å²) in [6.07, 6.45) is 0.941. The Kier molecular flexibility index (Phi) is 3.48. The van der Waals surface area contributed by atoms with Gasteiger partial charge >= 0.3 is 0 Å². The first kappa shape index (κ1) is 12.1. The van der Waals surface area contributed by atoms with Gasteiger partial charge in [-0.1, -0.05) is 12.1 Å². The largest absolute Gasteiger partial charge is 0.315 e. The smallest absolute Gasteiger partial charge is 0.231 e. The third kappa shape index (κ3) is 2.50. The maximum Gasteiger partial charge on any atom is 0.231 e. The van der Waals surface area contributed by atoms with Crippen LogP contribution >= 0.6 is 0 Å². The zero-order valence-electron chi connectivity index (χ0n) is 10.7. The molecule has 3 nitrogen and oxygen atoms in total. The van der Waals surface area contributed by atoms with Crippen molar-refractivity contribution >= 4 is 11.6 Å². The van der Waals surface area contributed by atoms with Crippen molar-refractivity contribution in [2.75, 3.05) is 18.5 Å². The topological polar surface area (TPSA) is 32.3 Å². The fraction of sp³-hybridized carbons (Fsp3) is 0.500. The molecule has 1 fully saturated rings. The summed E-state index contributed by atoms with van der Waals surface area (Å²) >= 11 is 0. The lowest BCUT2D eigenvalue weighted by atomic mass is 10.0. The number of nitrogens with one attached hydrogen (secondary N) is 1. The summed E-state index contributed by atoms with van der Waals surface area (Å²) in [6, 6.07) is 8.35. The number of hydrogen-bond donors (Lipinski definition) is 1. The van der Waals surface area contributed by atoms with Crippen molar-refractivity contribution in [1.82, 2.24) is 5.32 Å². The molecule has 1 saturated heterocycles. The molecule has 2 unspecified atom stereocenters. The van der Waals surface area contributed by atoms with Crippen LogP contribution in [-0.4, -0.2) is 25.5 Å². The average molecular weight is 232 g/mol. The molecule has 92 valence electrons. The van der Waals surface area contributed by atoms with Gasteiger partial charge in [-0.25, -0.2) is 0 Å². The van der Waals surface area contributed by atoms with Crippen LogP contribution in [0.2, 0.25) is 0 Å². The van der Waals surface area contributed by atoms with Crippen molar-refractivity contribution in [3.05, 3.63) is 29.8 Å². The van der Waals surface area contributed by atoms with E-state index in [1.165, 1.54) is 5.56 Å². The molecule has 0 aliphatic carbocycles. The Morgan fingerprint density at radius 1 is 1.47 bits per heavy atom. The Labute approximate surface area is 103 Å². The van der Waals surface area contributed by atoms with Gasteiger partial charge < -0.3 is 10.2 Å². The zero-order valence-corrected chi connectivity index (χ0v) is 10.7. The molecule has 0 aromatic heterocycles. The van der Waals surface area contributed by atoms with Crippen molar-refractivity contribution < 1.29 is 4.79 Å². The molecule has 17 heavy (non-hydrogen) atoms. The lowest BCUT2D eigenvalue weighted by molar-refractivity contribution is -0.122. The fourth-order valence-corrected chi connectivity index (χ4v) is 2.41. The molecule has 2 rings (SSSR count). The third-order valence-corrected chi connectivity index (χ3v) is 3.56. The van der Waals surface area contributed by atoms with Crippen LogP contribution in [0.15, 0.2) is 24.3 Å². The van der Waals surface area contributed by atoms with Crippen LogP contribution in [-0.2, 0) is 4.79 Å². The summed E-state index contributed by atoms with van der Waals surface area (Å²) < 4.78 is 0. The van der Waals surface area contributed by atoms with Crippen LogP contribution in [0.3, 0.4) is 0 Å². The highest BCUT2D eigenvalue weighted by Gasteiger charge is 2.31. The van der Waals surface area contributed by atoms with E-state index in [0.29, 0.717) is 0 Å². The highest BCUT2D eigenvalue weighted by molar-refractivity contribution is 5.95. The molecule has 1 amide bonds. The van der Waals surface area contributed by atoms with Gasteiger partial charge in [-0.2, -0.15) is 0 Å². The van der Waals surface area contributed by atoms with E-state index >= 15 is 0 Å². The van der Waals surface area contributed by atoms with Crippen molar-refractivity contribution in [1.29, 1.82) is 0 Å². The minimum atomic E-state index is 0.112. The molecule has 0 saturated carbocycles. The summed E-state index contributed by atoms with van der Waals surface area (Å²) in [5, 5.41) is 3.32. The number of amides is 1. The molecular formula is C14H20N2O. The Morgan fingerprint density at radius 2 is 2.24 bits per heavy atom. The van der Waals surface area contributed by atoms with Gasteiger partial charge in [-0.05, 0) is 44.5 Å². The SMILES string of the molecule is Cc1cccc(N(C)C(=O)C2CCNC2C)c1. The van der Waals surface area contributed by atoms with Gasteiger partial charge in [0.1, 0.15) is 0 Å². The Hall–Kier alpha value is -1.35. The van der Waals surface area contributed by atoms with Gasteiger partial charge in [-0.15, -0.1) is 0 Å². The Bertz CT molecular complexity index is 416. The van der Waals surface area contributed by atoms with E-state index in [1.807, 2.05) is 38.2 Å². The summed E-state index contributed by atoms with van der Waals surface area (Å²) in [4.78, 5) is 14.1. The number of benzene rings is 1. The Morgan fingerprint density at radius 3 is 2.82 bits per heavy atom. The number of aryl methyl sites for hydroxylation is 1. The number of nitrogens with zero attached hydrogens (tertiary/aromatic N) is 1. The second-order valence-electron chi connectivity index (χ2n) is 4.87. The van der Waals surface area contributed by atoms with E-state index < -0.39 is 0 Å². The summed E-state index contributed by atoms with van der Waals surface area (Å²) in [7, 11) is 1.86. The molecule has 1 N–H and O–H groups in total. The molecule has 0 spiro atoms. The van der Waals surface area contributed by atoms with E-state index in [-0.39, 0.29) is 17.9 Å². The number of carbonyl (C=O) groups excluding carboxylic acids is 1. The first-order chi connectivity index (χ1) is 8.09. The zero-order chi connectivity index (χ0) is 12.4. The predicted octanol–water partition coefficient (Wildman–Crippen LogP) is 1.96. The van der Waals surface area contributed by atoms with Crippen LogP contribution < -0.4 is 10.2 Å². The van der Waals surface area contributed by atoms with E-state index in [1.54, 1.807) is 4.90 Å². The standard InChI is InChI=1S/C14H20N2O/c1-10-5-4-6-12(9-10)16(3)14(17)13-7-8-15-11(13)2/h4-6,9,11,13,15H,7-8H2,1-3H3. The molecule has 1 aromatic carbocycles. The minimum Gasteiger partial charge on any atom is -0.315 e. The van der Waals surface area contributed by atoms with E-state index in [4.69, 9.17) is 0 Å². The second-order valence-corrected chi connectivity index (χ2v) is 4.87. The van der Waals surface area contributed by atoms with Gasteiger partial charge in [0, 0.05) is 18.8 Å². The summed E-state index contributed by atoms with van der Waals surface area (Å²) in [6.45, 7) is 5.07. The minimum absolute atomic E-state index is 0.112. The average Bonchev–Trinajstić information content (AvgIpc) is 2.73. The van der Waals surface area contributed by atoms with Crippen LogP contribution in [0.5, 0.6) is 0 Å². The van der Waals surface area contributed by atoms with Gasteiger partial charge in [0.15, 0.2) is 0 Å². The lowest BCUT2D eigenvalue weighted by Gasteiger charge is -2.23. The first-order valence-corrected chi connectivity index (χ1v) is 6.17.